The van der Waals surface area contributed by atoms with E-state index in [1.807, 2.05) is 37.3 Å². The Morgan fingerprint density at radius 3 is 2.55 bits per heavy atom. The molecule has 0 radical (unpaired) electrons. The van der Waals surface area contributed by atoms with Gasteiger partial charge in [-0.3, -0.25) is 4.90 Å². The Morgan fingerprint density at radius 1 is 1.30 bits per heavy atom. The lowest BCUT2D eigenvalue weighted by Gasteiger charge is -2.41. The fraction of sp³-hybridized carbons (Fsp3) is 0.571. The van der Waals surface area contributed by atoms with E-state index in [9.17, 15) is 17.6 Å². The van der Waals surface area contributed by atoms with Gasteiger partial charge in [0.25, 0.3) is 0 Å². The number of alkyl halides is 4. The largest absolute Gasteiger partial charge is 0.319 e. The van der Waals surface area contributed by atoms with Gasteiger partial charge in [-0.15, -0.1) is 0 Å². The second-order valence-corrected chi connectivity index (χ2v) is 5.23. The average Bonchev–Trinajstić information content (AvgIpc) is 2.39. The third-order valence-electron chi connectivity index (χ3n) is 3.53. The standard InChI is InChI=1S/C14H18F4N2/c1-10-8-20(9-14(17,18)13(15)16)12(7-19-10)11-5-3-2-4-6-11/h2-6,10,12-13,19H,7-9H2,1H3. The molecule has 1 fully saturated rings. The van der Waals surface area contributed by atoms with Gasteiger partial charge in [0, 0.05) is 25.2 Å². The summed E-state index contributed by atoms with van der Waals surface area (Å²) in [5.41, 5.74) is 0.858. The molecule has 20 heavy (non-hydrogen) atoms. The van der Waals surface area contributed by atoms with Crippen molar-refractivity contribution in [1.29, 1.82) is 0 Å². The first kappa shape index (κ1) is 15.3. The number of halogens is 4. The average molecular weight is 290 g/mol. The molecule has 1 saturated heterocycles. The maximum atomic E-state index is 13.3. The second kappa shape index (κ2) is 6.10. The lowest BCUT2D eigenvalue weighted by Crippen LogP contribution is -2.55. The summed E-state index contributed by atoms with van der Waals surface area (Å²) in [4.78, 5) is 1.45. The third kappa shape index (κ3) is 3.49. The normalized spacial score (nSPS) is 25.1. The van der Waals surface area contributed by atoms with Gasteiger partial charge in [-0.2, -0.15) is 8.78 Å². The van der Waals surface area contributed by atoms with Gasteiger partial charge in [-0.1, -0.05) is 30.3 Å². The van der Waals surface area contributed by atoms with Gasteiger partial charge >= 0.3 is 12.3 Å². The molecule has 0 aromatic heterocycles. The molecule has 1 aliphatic heterocycles. The maximum Gasteiger partial charge on any atom is 0.319 e. The fourth-order valence-corrected chi connectivity index (χ4v) is 2.50. The van der Waals surface area contributed by atoms with Crippen molar-refractivity contribution in [2.45, 2.75) is 31.4 Å². The van der Waals surface area contributed by atoms with Crippen molar-refractivity contribution in [3.05, 3.63) is 35.9 Å². The number of piperazine rings is 1. The van der Waals surface area contributed by atoms with Gasteiger partial charge in [-0.05, 0) is 12.5 Å². The first-order chi connectivity index (χ1) is 9.40. The van der Waals surface area contributed by atoms with E-state index in [-0.39, 0.29) is 12.1 Å². The van der Waals surface area contributed by atoms with E-state index in [0.29, 0.717) is 13.1 Å². The first-order valence-corrected chi connectivity index (χ1v) is 6.58. The van der Waals surface area contributed by atoms with E-state index in [4.69, 9.17) is 0 Å². The molecule has 1 N–H and O–H groups in total. The van der Waals surface area contributed by atoms with Gasteiger partial charge < -0.3 is 5.32 Å². The first-order valence-electron chi connectivity index (χ1n) is 6.58. The molecule has 1 aliphatic rings. The molecule has 112 valence electrons. The summed E-state index contributed by atoms with van der Waals surface area (Å²) in [6.07, 6.45) is -3.64. The number of hydrogen-bond acceptors (Lipinski definition) is 2. The van der Waals surface area contributed by atoms with E-state index in [1.54, 1.807) is 0 Å². The van der Waals surface area contributed by atoms with Gasteiger partial charge in [0.15, 0.2) is 0 Å². The minimum atomic E-state index is -3.98. The van der Waals surface area contributed by atoms with Crippen LogP contribution >= 0.6 is 0 Å². The summed E-state index contributed by atoms with van der Waals surface area (Å²) in [7, 11) is 0. The molecule has 2 unspecified atom stereocenters. The molecule has 0 amide bonds. The van der Waals surface area contributed by atoms with Crippen LogP contribution in [-0.2, 0) is 0 Å². The Hall–Kier alpha value is -1.14. The van der Waals surface area contributed by atoms with Crippen LogP contribution in [0.25, 0.3) is 0 Å². The molecule has 2 atom stereocenters. The van der Waals surface area contributed by atoms with Crippen molar-refractivity contribution in [3.63, 3.8) is 0 Å². The zero-order chi connectivity index (χ0) is 14.8. The Balaban J connectivity index is 2.17. The highest BCUT2D eigenvalue weighted by Crippen LogP contribution is 2.30. The molecule has 0 saturated carbocycles. The van der Waals surface area contributed by atoms with Gasteiger partial charge in [0.05, 0.1) is 6.54 Å². The molecule has 1 heterocycles. The lowest BCUT2D eigenvalue weighted by atomic mass is 10.0. The third-order valence-corrected chi connectivity index (χ3v) is 3.53. The summed E-state index contributed by atoms with van der Waals surface area (Å²) in [5, 5.41) is 3.20. The Bertz CT molecular complexity index is 424. The zero-order valence-electron chi connectivity index (χ0n) is 11.2. The highest BCUT2D eigenvalue weighted by Gasteiger charge is 2.44. The van der Waals surface area contributed by atoms with Crippen LogP contribution in [0.3, 0.4) is 0 Å². The van der Waals surface area contributed by atoms with E-state index >= 15 is 0 Å². The Kier molecular flexibility index (Phi) is 4.65. The molecule has 2 rings (SSSR count). The number of hydrogen-bond donors (Lipinski definition) is 1. The monoisotopic (exact) mass is 290 g/mol. The number of rotatable bonds is 4. The smallest absolute Gasteiger partial charge is 0.311 e. The summed E-state index contributed by atoms with van der Waals surface area (Å²) >= 11 is 0. The van der Waals surface area contributed by atoms with Crippen LogP contribution in [0.1, 0.15) is 18.5 Å². The van der Waals surface area contributed by atoms with Gasteiger partial charge in [0.2, 0.25) is 0 Å². The van der Waals surface area contributed by atoms with Crippen molar-refractivity contribution in [2.75, 3.05) is 19.6 Å². The van der Waals surface area contributed by atoms with E-state index < -0.39 is 18.9 Å². The van der Waals surface area contributed by atoms with Crippen LogP contribution in [0, 0.1) is 0 Å². The van der Waals surface area contributed by atoms with Crippen LogP contribution in [0.2, 0.25) is 0 Å². The Morgan fingerprint density at radius 2 is 1.95 bits per heavy atom. The van der Waals surface area contributed by atoms with Crippen molar-refractivity contribution in [1.82, 2.24) is 10.2 Å². The van der Waals surface area contributed by atoms with Crippen LogP contribution in [0.15, 0.2) is 30.3 Å². The second-order valence-electron chi connectivity index (χ2n) is 5.23. The van der Waals surface area contributed by atoms with Crippen LogP contribution in [-0.4, -0.2) is 42.9 Å². The summed E-state index contributed by atoms with van der Waals surface area (Å²) in [5.74, 6) is -3.98. The molecular weight excluding hydrogens is 272 g/mol. The molecule has 1 aromatic carbocycles. The lowest BCUT2D eigenvalue weighted by molar-refractivity contribution is -0.149. The van der Waals surface area contributed by atoms with Crippen molar-refractivity contribution in [3.8, 4) is 0 Å². The zero-order valence-corrected chi connectivity index (χ0v) is 11.2. The van der Waals surface area contributed by atoms with Crippen LogP contribution in [0.5, 0.6) is 0 Å². The van der Waals surface area contributed by atoms with Crippen molar-refractivity contribution in [2.24, 2.45) is 0 Å². The maximum absolute atomic E-state index is 13.3. The number of benzene rings is 1. The predicted octanol–water partition coefficient (Wildman–Crippen LogP) is 2.92. The molecule has 6 heteroatoms. The molecule has 1 aromatic rings. The summed E-state index contributed by atoms with van der Waals surface area (Å²) in [6.45, 7) is 1.73. The van der Waals surface area contributed by atoms with Crippen LogP contribution < -0.4 is 5.32 Å². The fourth-order valence-electron chi connectivity index (χ4n) is 2.50. The summed E-state index contributed by atoms with van der Waals surface area (Å²) in [6, 6.07) is 8.82. The number of nitrogens with one attached hydrogen (secondary N) is 1. The molecule has 0 bridgehead atoms. The van der Waals surface area contributed by atoms with Crippen molar-refractivity contribution < 1.29 is 17.6 Å². The van der Waals surface area contributed by atoms with Gasteiger partial charge in [0.1, 0.15) is 0 Å². The van der Waals surface area contributed by atoms with E-state index in [2.05, 4.69) is 5.32 Å². The van der Waals surface area contributed by atoms with E-state index in [0.717, 1.165) is 5.56 Å². The quantitative estimate of drug-likeness (QED) is 0.858. The molecule has 2 nitrogen and oxygen atoms in total. The molecule has 0 aliphatic carbocycles. The SMILES string of the molecule is CC1CN(CC(F)(F)C(F)F)C(c2ccccc2)CN1. The Labute approximate surface area is 115 Å². The molecular formula is C14H18F4N2. The van der Waals surface area contributed by atoms with Gasteiger partial charge in [-0.25, -0.2) is 8.78 Å². The van der Waals surface area contributed by atoms with Crippen LogP contribution in [0.4, 0.5) is 17.6 Å². The van der Waals surface area contributed by atoms with E-state index in [1.165, 1.54) is 4.90 Å². The highest BCUT2D eigenvalue weighted by molar-refractivity contribution is 5.20. The topological polar surface area (TPSA) is 15.3 Å². The van der Waals surface area contributed by atoms with Crippen molar-refractivity contribution >= 4 is 0 Å². The molecule has 0 spiro atoms. The minimum Gasteiger partial charge on any atom is -0.311 e. The number of nitrogens with zero attached hydrogens (tertiary/aromatic N) is 1. The minimum absolute atomic E-state index is 0.00318. The predicted molar refractivity (Wildman–Crippen MR) is 69.2 cm³/mol. The summed E-state index contributed by atoms with van der Waals surface area (Å²) < 4.78 is 51.5. The highest BCUT2D eigenvalue weighted by atomic mass is 19.3.